The Bertz CT molecular complexity index is 813. The second kappa shape index (κ2) is 6.26. The fraction of sp³-hybridized carbons (Fsp3) is 0.111. The largest absolute Gasteiger partial charge is 0.494 e. The molecule has 0 unspecified atom stereocenters. The molecule has 0 fully saturated rings. The van der Waals surface area contributed by atoms with Gasteiger partial charge in [-0.1, -0.05) is 42.5 Å². The molecule has 0 saturated heterocycles. The number of benzene rings is 2. The van der Waals surface area contributed by atoms with Gasteiger partial charge in [-0.05, 0) is 24.6 Å². The molecule has 0 aliphatic carbocycles. The molecular formula is C18H17N3O. The van der Waals surface area contributed by atoms with Crippen LogP contribution < -0.4 is 10.2 Å². The Morgan fingerprint density at radius 1 is 1.09 bits per heavy atom. The molecule has 0 amide bonds. The summed E-state index contributed by atoms with van der Waals surface area (Å²) in [5, 5.41) is 5.30. The number of anilines is 1. The Morgan fingerprint density at radius 2 is 1.91 bits per heavy atom. The van der Waals surface area contributed by atoms with Crippen molar-refractivity contribution >= 4 is 22.8 Å². The van der Waals surface area contributed by atoms with E-state index in [-0.39, 0.29) is 0 Å². The third-order valence-electron chi connectivity index (χ3n) is 3.35. The Balaban J connectivity index is 1.95. The van der Waals surface area contributed by atoms with Gasteiger partial charge < -0.3 is 4.74 Å². The normalized spacial score (nSPS) is 11.0. The van der Waals surface area contributed by atoms with Crippen LogP contribution >= 0.6 is 0 Å². The van der Waals surface area contributed by atoms with Gasteiger partial charge in [0, 0.05) is 11.1 Å². The van der Waals surface area contributed by atoms with E-state index in [1.165, 1.54) is 0 Å². The maximum Gasteiger partial charge on any atom is 0.145 e. The highest BCUT2D eigenvalue weighted by Crippen LogP contribution is 2.29. The monoisotopic (exact) mass is 291 g/mol. The summed E-state index contributed by atoms with van der Waals surface area (Å²) in [5.74, 6) is 0.760. The molecule has 0 aliphatic heterocycles. The van der Waals surface area contributed by atoms with Crippen LogP contribution in [0.2, 0.25) is 0 Å². The van der Waals surface area contributed by atoms with Crippen LogP contribution in [0.3, 0.4) is 0 Å². The van der Waals surface area contributed by atoms with Gasteiger partial charge in [0.25, 0.3) is 0 Å². The number of pyridine rings is 1. The van der Waals surface area contributed by atoms with Crippen LogP contribution in [0.15, 0.2) is 59.7 Å². The first-order valence-corrected chi connectivity index (χ1v) is 7.06. The van der Waals surface area contributed by atoms with Gasteiger partial charge in [-0.2, -0.15) is 5.10 Å². The Labute approximate surface area is 129 Å². The third-order valence-corrected chi connectivity index (χ3v) is 3.35. The number of hydrazone groups is 1. The quantitative estimate of drug-likeness (QED) is 0.584. The number of rotatable bonds is 4. The van der Waals surface area contributed by atoms with E-state index in [1.54, 1.807) is 13.3 Å². The summed E-state index contributed by atoms with van der Waals surface area (Å²) in [6.07, 6.45) is 1.79. The minimum absolute atomic E-state index is 0.760. The molecule has 0 bridgehead atoms. The summed E-state index contributed by atoms with van der Waals surface area (Å²) in [6.45, 7) is 1.96. The number of aromatic nitrogens is 1. The van der Waals surface area contributed by atoms with Crippen molar-refractivity contribution in [1.29, 1.82) is 0 Å². The fourth-order valence-corrected chi connectivity index (χ4v) is 2.32. The van der Waals surface area contributed by atoms with E-state index in [0.29, 0.717) is 0 Å². The predicted octanol–water partition coefficient (Wildman–Crippen LogP) is 4.00. The van der Waals surface area contributed by atoms with Crippen LogP contribution in [-0.4, -0.2) is 18.3 Å². The number of fused-ring (bicyclic) bond motifs is 1. The number of aryl methyl sites for hydroxylation is 1. The van der Waals surface area contributed by atoms with Gasteiger partial charge in [0.1, 0.15) is 11.3 Å². The molecule has 3 rings (SSSR count). The van der Waals surface area contributed by atoms with Gasteiger partial charge in [0.2, 0.25) is 0 Å². The fourth-order valence-electron chi connectivity index (χ4n) is 2.32. The minimum atomic E-state index is 0.760. The molecule has 0 saturated carbocycles. The lowest BCUT2D eigenvalue weighted by atomic mass is 10.1. The van der Waals surface area contributed by atoms with Gasteiger partial charge in [-0.3, -0.25) is 5.43 Å². The van der Waals surface area contributed by atoms with Gasteiger partial charge in [-0.15, -0.1) is 0 Å². The standard InChI is InChI=1S/C18H17N3O/c1-13-11-16(21-19-12-14-7-4-3-5-8-14)15-9-6-10-17(22-2)18(15)20-13/h3-12H,1-2H3,(H,20,21). The molecular weight excluding hydrogens is 274 g/mol. The van der Waals surface area contributed by atoms with E-state index in [9.17, 15) is 0 Å². The van der Waals surface area contributed by atoms with E-state index < -0.39 is 0 Å². The van der Waals surface area contributed by atoms with Gasteiger partial charge >= 0.3 is 0 Å². The lowest BCUT2D eigenvalue weighted by molar-refractivity contribution is 0.419. The van der Waals surface area contributed by atoms with E-state index in [0.717, 1.165) is 33.6 Å². The zero-order valence-corrected chi connectivity index (χ0v) is 12.6. The molecule has 3 aromatic rings. The van der Waals surface area contributed by atoms with Crippen molar-refractivity contribution in [3.05, 3.63) is 65.9 Å². The molecule has 0 spiro atoms. The molecule has 1 heterocycles. The summed E-state index contributed by atoms with van der Waals surface area (Å²) >= 11 is 0. The topological polar surface area (TPSA) is 46.5 Å². The first-order valence-electron chi connectivity index (χ1n) is 7.06. The Kier molecular flexibility index (Phi) is 4.01. The first-order chi connectivity index (χ1) is 10.8. The molecule has 0 radical (unpaired) electrons. The average molecular weight is 291 g/mol. The summed E-state index contributed by atoms with van der Waals surface area (Å²) < 4.78 is 5.38. The summed E-state index contributed by atoms with van der Waals surface area (Å²) in [4.78, 5) is 4.56. The van der Waals surface area contributed by atoms with Crippen molar-refractivity contribution in [2.24, 2.45) is 5.10 Å². The second-order valence-electron chi connectivity index (χ2n) is 4.95. The van der Waals surface area contributed by atoms with Crippen molar-refractivity contribution in [3.63, 3.8) is 0 Å². The molecule has 22 heavy (non-hydrogen) atoms. The number of ether oxygens (including phenoxy) is 1. The zero-order chi connectivity index (χ0) is 15.4. The molecule has 110 valence electrons. The summed E-state index contributed by atoms with van der Waals surface area (Å²) in [6, 6.07) is 17.8. The number of para-hydroxylation sites is 1. The average Bonchev–Trinajstić information content (AvgIpc) is 2.55. The first kappa shape index (κ1) is 14.1. The molecule has 2 aromatic carbocycles. The van der Waals surface area contributed by atoms with E-state index in [4.69, 9.17) is 4.74 Å². The molecule has 0 aliphatic rings. The molecule has 1 aromatic heterocycles. The lowest BCUT2D eigenvalue weighted by Crippen LogP contribution is -1.96. The molecule has 0 atom stereocenters. The Morgan fingerprint density at radius 3 is 2.68 bits per heavy atom. The van der Waals surface area contributed by atoms with Crippen LogP contribution in [0, 0.1) is 6.92 Å². The highest BCUT2D eigenvalue weighted by atomic mass is 16.5. The van der Waals surface area contributed by atoms with Crippen LogP contribution in [0.5, 0.6) is 5.75 Å². The minimum Gasteiger partial charge on any atom is -0.494 e. The molecule has 1 N–H and O–H groups in total. The number of methoxy groups -OCH3 is 1. The number of hydrogen-bond donors (Lipinski definition) is 1. The Hall–Kier alpha value is -2.88. The number of hydrogen-bond acceptors (Lipinski definition) is 4. The van der Waals surface area contributed by atoms with E-state index in [2.05, 4.69) is 15.5 Å². The predicted molar refractivity (Wildman–Crippen MR) is 90.7 cm³/mol. The summed E-state index contributed by atoms with van der Waals surface area (Å²) in [5.41, 5.74) is 6.80. The SMILES string of the molecule is COc1cccc2c(NN=Cc3ccccc3)cc(C)nc12. The van der Waals surface area contributed by atoms with Gasteiger partial charge in [-0.25, -0.2) is 4.98 Å². The van der Waals surface area contributed by atoms with Crippen molar-refractivity contribution < 1.29 is 4.74 Å². The van der Waals surface area contributed by atoms with Crippen LogP contribution in [0.4, 0.5) is 5.69 Å². The van der Waals surface area contributed by atoms with Gasteiger partial charge in [0.15, 0.2) is 0 Å². The van der Waals surface area contributed by atoms with Crippen molar-refractivity contribution in [3.8, 4) is 5.75 Å². The molecule has 4 heteroatoms. The van der Waals surface area contributed by atoms with Crippen LogP contribution in [0.1, 0.15) is 11.3 Å². The highest BCUT2D eigenvalue weighted by Gasteiger charge is 2.07. The number of nitrogens with zero attached hydrogens (tertiary/aromatic N) is 2. The van der Waals surface area contributed by atoms with E-state index in [1.807, 2.05) is 61.5 Å². The van der Waals surface area contributed by atoms with Gasteiger partial charge in [0.05, 0.1) is 19.0 Å². The van der Waals surface area contributed by atoms with Crippen molar-refractivity contribution in [2.75, 3.05) is 12.5 Å². The van der Waals surface area contributed by atoms with E-state index >= 15 is 0 Å². The smallest absolute Gasteiger partial charge is 0.145 e. The summed E-state index contributed by atoms with van der Waals surface area (Å²) in [7, 11) is 1.65. The number of nitrogens with one attached hydrogen (secondary N) is 1. The second-order valence-corrected chi connectivity index (χ2v) is 4.95. The van der Waals surface area contributed by atoms with Crippen LogP contribution in [-0.2, 0) is 0 Å². The lowest BCUT2D eigenvalue weighted by Gasteiger charge is -2.10. The van der Waals surface area contributed by atoms with Crippen molar-refractivity contribution in [1.82, 2.24) is 4.98 Å². The van der Waals surface area contributed by atoms with Crippen molar-refractivity contribution in [2.45, 2.75) is 6.92 Å². The zero-order valence-electron chi connectivity index (χ0n) is 12.6. The third kappa shape index (κ3) is 2.91. The maximum atomic E-state index is 5.38. The molecule has 4 nitrogen and oxygen atoms in total. The van der Waals surface area contributed by atoms with Crippen LogP contribution in [0.25, 0.3) is 10.9 Å². The highest BCUT2D eigenvalue weighted by molar-refractivity contribution is 5.95. The maximum absolute atomic E-state index is 5.38.